The molecule has 3 fully saturated rings. The zero-order valence-corrected chi connectivity index (χ0v) is 23.4. The molecule has 0 aliphatic heterocycles. The first-order valence-electron chi connectivity index (χ1n) is 13.7. The molecule has 0 heterocycles. The van der Waals surface area contributed by atoms with Crippen LogP contribution in [0.25, 0.3) is 0 Å². The maximum atomic E-state index is 14.2. The quantitative estimate of drug-likeness (QED) is 0.374. The van der Waals surface area contributed by atoms with Gasteiger partial charge in [0.25, 0.3) is 0 Å². The number of Topliss-reactive ketones (excluding diaryl/α,β-unsaturated/α-hetero) is 1. The van der Waals surface area contributed by atoms with Crippen LogP contribution in [0.4, 0.5) is 0 Å². The summed E-state index contributed by atoms with van der Waals surface area (Å²) in [5.41, 5.74) is -3.81. The summed E-state index contributed by atoms with van der Waals surface area (Å²) < 4.78 is 0. The molecule has 36 heavy (non-hydrogen) atoms. The summed E-state index contributed by atoms with van der Waals surface area (Å²) in [6.45, 7) is 15.2. The monoisotopic (exact) mass is 504 g/mol. The molecule has 0 amide bonds. The summed E-state index contributed by atoms with van der Waals surface area (Å²) in [4.78, 5) is 14.2. The van der Waals surface area contributed by atoms with Crippen molar-refractivity contribution in [3.63, 3.8) is 0 Å². The molecular weight excluding hydrogens is 456 g/mol. The van der Waals surface area contributed by atoms with Gasteiger partial charge in [-0.1, -0.05) is 58.4 Å². The Labute approximate surface area is 216 Å². The summed E-state index contributed by atoms with van der Waals surface area (Å²) in [7, 11) is 0. The lowest BCUT2D eigenvalue weighted by atomic mass is 9.38. The second-order valence-electron chi connectivity index (χ2n) is 14.5. The highest BCUT2D eigenvalue weighted by Gasteiger charge is 2.74. The molecule has 4 aliphatic rings. The highest BCUT2D eigenvalue weighted by molar-refractivity contribution is 5.88. The van der Waals surface area contributed by atoms with Crippen molar-refractivity contribution in [2.45, 2.75) is 117 Å². The summed E-state index contributed by atoms with van der Waals surface area (Å²) in [5, 5.41) is 55.0. The van der Waals surface area contributed by atoms with Crippen LogP contribution in [-0.2, 0) is 4.79 Å². The smallest absolute Gasteiger partial charge is 0.140 e. The third-order valence-corrected chi connectivity index (χ3v) is 11.5. The Hall–Kier alpha value is -1.05. The predicted octanol–water partition coefficient (Wildman–Crippen LogP) is 3.54. The second-order valence-corrected chi connectivity index (χ2v) is 14.5. The van der Waals surface area contributed by atoms with Crippen LogP contribution in [0.15, 0.2) is 23.8 Å². The van der Waals surface area contributed by atoms with Crippen molar-refractivity contribution < 1.29 is 30.3 Å². The molecule has 0 spiro atoms. The third-order valence-electron chi connectivity index (χ3n) is 11.5. The number of aliphatic hydroxyl groups excluding tert-OH is 3. The molecule has 204 valence electrons. The number of hydrogen-bond donors (Lipinski definition) is 5. The Kier molecular flexibility index (Phi) is 6.39. The molecule has 0 aromatic heterocycles. The third kappa shape index (κ3) is 3.65. The Morgan fingerprint density at radius 3 is 2.22 bits per heavy atom. The van der Waals surface area contributed by atoms with Gasteiger partial charge in [0, 0.05) is 23.2 Å². The van der Waals surface area contributed by atoms with Crippen LogP contribution in [0.1, 0.15) is 87.5 Å². The van der Waals surface area contributed by atoms with E-state index in [9.17, 15) is 30.3 Å². The summed E-state index contributed by atoms with van der Waals surface area (Å²) >= 11 is 0. The van der Waals surface area contributed by atoms with Gasteiger partial charge < -0.3 is 25.5 Å². The van der Waals surface area contributed by atoms with Crippen LogP contribution in [0.3, 0.4) is 0 Å². The standard InChI is InChI=1S/C30H48O6/c1-25(2,35)14-13-22(33)30(8,36)24-19(31)15-27(5)20-11-9-17-18(10-12-21(32)26(17,3)4)29(20,7)23(34)16-28(24,27)6/h9,13-14,18-22,24,31-33,35-36H,10-12,15-16H2,1-8H3. The van der Waals surface area contributed by atoms with Crippen LogP contribution in [0.5, 0.6) is 0 Å². The minimum atomic E-state index is -1.70. The molecule has 0 aromatic rings. The van der Waals surface area contributed by atoms with Crippen LogP contribution >= 0.6 is 0 Å². The Morgan fingerprint density at radius 1 is 1.03 bits per heavy atom. The van der Waals surface area contributed by atoms with Gasteiger partial charge in [-0.15, -0.1) is 0 Å². The highest BCUT2D eigenvalue weighted by atomic mass is 16.3. The van der Waals surface area contributed by atoms with Crippen molar-refractivity contribution in [2.75, 3.05) is 0 Å². The van der Waals surface area contributed by atoms with E-state index in [4.69, 9.17) is 0 Å². The number of fused-ring (bicyclic) bond motifs is 5. The van der Waals surface area contributed by atoms with E-state index in [1.54, 1.807) is 20.8 Å². The fourth-order valence-electron chi connectivity index (χ4n) is 9.23. The Bertz CT molecular complexity index is 972. The number of hydrogen-bond acceptors (Lipinski definition) is 6. The van der Waals surface area contributed by atoms with Crippen LogP contribution in [0.2, 0.25) is 0 Å². The number of aliphatic hydroxyl groups is 5. The minimum Gasteiger partial charge on any atom is -0.393 e. The van der Waals surface area contributed by atoms with Crippen molar-refractivity contribution in [1.29, 1.82) is 0 Å². The predicted molar refractivity (Wildman–Crippen MR) is 139 cm³/mol. The molecule has 4 rings (SSSR count). The van der Waals surface area contributed by atoms with Crippen molar-refractivity contribution >= 4 is 5.78 Å². The first-order valence-corrected chi connectivity index (χ1v) is 13.7. The SMILES string of the molecule is CC(C)(O)C=CC(O)C(C)(O)C1C(O)CC2(C)C3CC=C4C(CCC(O)C4(C)C)C3(C)C(=O)CC12C. The molecule has 4 aliphatic carbocycles. The van der Waals surface area contributed by atoms with E-state index in [0.717, 1.165) is 6.42 Å². The minimum absolute atomic E-state index is 0.0180. The molecule has 6 nitrogen and oxygen atoms in total. The maximum absolute atomic E-state index is 14.2. The number of carbonyl (C=O) groups excluding carboxylic acids is 1. The molecule has 5 N–H and O–H groups in total. The summed E-state index contributed by atoms with van der Waals surface area (Å²) in [6, 6.07) is 0. The van der Waals surface area contributed by atoms with Crippen LogP contribution in [-0.4, -0.2) is 60.8 Å². The number of allylic oxidation sites excluding steroid dienone is 1. The van der Waals surface area contributed by atoms with Gasteiger partial charge in [-0.3, -0.25) is 4.79 Å². The average molecular weight is 505 g/mol. The number of ketones is 1. The van der Waals surface area contributed by atoms with E-state index in [2.05, 4.69) is 33.8 Å². The zero-order chi connectivity index (χ0) is 27.3. The molecule has 3 saturated carbocycles. The zero-order valence-electron chi connectivity index (χ0n) is 23.4. The van der Waals surface area contributed by atoms with Gasteiger partial charge in [-0.2, -0.15) is 0 Å². The van der Waals surface area contributed by atoms with Crippen molar-refractivity contribution in [3.05, 3.63) is 23.8 Å². The van der Waals surface area contributed by atoms with Gasteiger partial charge in [0.1, 0.15) is 11.9 Å². The van der Waals surface area contributed by atoms with Crippen molar-refractivity contribution in [2.24, 2.45) is 39.4 Å². The molecule has 0 bridgehead atoms. The number of carbonyl (C=O) groups is 1. The molecule has 0 saturated heterocycles. The normalized spacial score (nSPS) is 47.0. The second kappa shape index (κ2) is 8.22. The molecule has 0 radical (unpaired) electrons. The van der Waals surface area contributed by atoms with Crippen molar-refractivity contribution in [3.8, 4) is 0 Å². The fraction of sp³-hybridized carbons (Fsp3) is 0.833. The first-order chi connectivity index (χ1) is 16.2. The molecule has 6 heteroatoms. The summed E-state index contributed by atoms with van der Waals surface area (Å²) in [5.74, 6) is -0.525. The van der Waals surface area contributed by atoms with E-state index in [-0.39, 0.29) is 29.5 Å². The van der Waals surface area contributed by atoms with Gasteiger partial charge in [-0.25, -0.2) is 0 Å². The van der Waals surface area contributed by atoms with E-state index in [1.165, 1.54) is 17.7 Å². The van der Waals surface area contributed by atoms with E-state index in [0.29, 0.717) is 19.3 Å². The first kappa shape index (κ1) is 28.0. The maximum Gasteiger partial charge on any atom is 0.140 e. The van der Waals surface area contributed by atoms with E-state index in [1.807, 2.05) is 6.92 Å². The molecule has 10 atom stereocenters. The summed E-state index contributed by atoms with van der Waals surface area (Å²) in [6.07, 6.45) is 5.27. The topological polar surface area (TPSA) is 118 Å². The van der Waals surface area contributed by atoms with Gasteiger partial charge in [0.15, 0.2) is 0 Å². The largest absolute Gasteiger partial charge is 0.393 e. The van der Waals surface area contributed by atoms with Crippen LogP contribution < -0.4 is 0 Å². The molecular formula is C30H48O6. The molecule has 10 unspecified atom stereocenters. The fourth-order valence-corrected chi connectivity index (χ4v) is 9.23. The lowest BCUT2D eigenvalue weighted by molar-refractivity contribution is -0.190. The lowest BCUT2D eigenvalue weighted by Gasteiger charge is -2.65. The van der Waals surface area contributed by atoms with Gasteiger partial charge >= 0.3 is 0 Å². The van der Waals surface area contributed by atoms with E-state index >= 15 is 0 Å². The van der Waals surface area contributed by atoms with Gasteiger partial charge in [0.05, 0.1) is 23.4 Å². The Balaban J connectivity index is 1.78. The van der Waals surface area contributed by atoms with Crippen LogP contribution in [0, 0.1) is 39.4 Å². The molecule has 0 aromatic carbocycles. The lowest BCUT2D eigenvalue weighted by Crippen LogP contribution is -2.65. The Morgan fingerprint density at radius 2 is 1.64 bits per heavy atom. The average Bonchev–Trinajstić information content (AvgIpc) is 2.94. The van der Waals surface area contributed by atoms with Gasteiger partial charge in [-0.05, 0) is 69.1 Å². The van der Waals surface area contributed by atoms with Gasteiger partial charge in [0.2, 0.25) is 0 Å². The van der Waals surface area contributed by atoms with Crippen molar-refractivity contribution in [1.82, 2.24) is 0 Å². The number of rotatable bonds is 4. The van der Waals surface area contributed by atoms with E-state index < -0.39 is 51.7 Å². The highest BCUT2D eigenvalue weighted by Crippen LogP contribution is 2.74.